The normalized spacial score (nSPS) is 22.4. The fraction of sp³-hybridized carbons (Fsp3) is 0.581. The molecule has 0 saturated carbocycles. The molecular weight excluding hydrogens is 508 g/mol. The first-order valence-electron chi connectivity index (χ1n) is 14.1. The van der Waals surface area contributed by atoms with Crippen LogP contribution in [0.4, 0.5) is 10.6 Å². The number of hydrogen-bond acceptors (Lipinski definition) is 7. The van der Waals surface area contributed by atoms with E-state index in [1.807, 2.05) is 51.9 Å². The van der Waals surface area contributed by atoms with Crippen LogP contribution in [0.5, 0.6) is 5.75 Å². The van der Waals surface area contributed by atoms with Gasteiger partial charge in [-0.15, -0.1) is 0 Å². The molecule has 0 spiro atoms. The molecule has 4 atom stereocenters. The zero-order valence-corrected chi connectivity index (χ0v) is 25.0. The highest BCUT2D eigenvalue weighted by atomic mass is 16.6. The first-order chi connectivity index (χ1) is 18.8. The van der Waals surface area contributed by atoms with Crippen molar-refractivity contribution < 1.29 is 24.2 Å². The van der Waals surface area contributed by atoms with E-state index in [2.05, 4.69) is 22.4 Å². The number of carboxylic acid groups (broad SMARTS) is 1. The third-order valence-corrected chi connectivity index (χ3v) is 8.05. The van der Waals surface area contributed by atoms with Gasteiger partial charge in [0.05, 0.1) is 19.3 Å². The number of rotatable bonds is 8. The number of fused-ring (bicyclic) bond motifs is 1. The maximum Gasteiger partial charge on any atom is 0.411 e. The number of anilines is 1. The zero-order valence-electron chi connectivity index (χ0n) is 25.0. The predicted molar refractivity (Wildman–Crippen MR) is 155 cm³/mol. The van der Waals surface area contributed by atoms with Gasteiger partial charge in [-0.2, -0.15) is 0 Å². The maximum atomic E-state index is 13.7. The van der Waals surface area contributed by atoms with Gasteiger partial charge in [0.2, 0.25) is 0 Å². The van der Waals surface area contributed by atoms with Gasteiger partial charge in [0.25, 0.3) is 0 Å². The number of amides is 1. The number of carbonyl (C=O) groups is 2. The molecule has 1 saturated heterocycles. The van der Waals surface area contributed by atoms with Crippen molar-refractivity contribution in [2.24, 2.45) is 11.3 Å². The number of likely N-dealkylation sites (tertiary alicyclic amines) is 1. The summed E-state index contributed by atoms with van der Waals surface area (Å²) in [5, 5.41) is 14.3. The molecule has 1 fully saturated rings. The van der Waals surface area contributed by atoms with Gasteiger partial charge in [0, 0.05) is 49.9 Å². The highest BCUT2D eigenvalue weighted by molar-refractivity contribution is 5.82. The van der Waals surface area contributed by atoms with Crippen LogP contribution in [0.3, 0.4) is 0 Å². The molecule has 9 nitrogen and oxygen atoms in total. The number of nitrogens with zero attached hydrogens (tertiary/aromatic N) is 3. The summed E-state index contributed by atoms with van der Waals surface area (Å²) < 4.78 is 11.4. The van der Waals surface area contributed by atoms with Crippen molar-refractivity contribution in [1.82, 2.24) is 15.2 Å². The molecule has 4 rings (SSSR count). The van der Waals surface area contributed by atoms with E-state index in [1.54, 1.807) is 27.2 Å². The Labute approximate surface area is 237 Å². The van der Waals surface area contributed by atoms with E-state index >= 15 is 0 Å². The molecule has 2 heterocycles. The van der Waals surface area contributed by atoms with Crippen LogP contribution >= 0.6 is 0 Å². The Morgan fingerprint density at radius 1 is 1.20 bits per heavy atom. The fourth-order valence-corrected chi connectivity index (χ4v) is 6.49. The van der Waals surface area contributed by atoms with Crippen LogP contribution in [0.15, 0.2) is 30.5 Å². The van der Waals surface area contributed by atoms with E-state index in [-0.39, 0.29) is 0 Å². The summed E-state index contributed by atoms with van der Waals surface area (Å²) in [6.45, 7) is 10.1. The summed E-state index contributed by atoms with van der Waals surface area (Å²) in [5.41, 5.74) is 3.98. The highest BCUT2D eigenvalue weighted by Crippen LogP contribution is 2.50. The lowest BCUT2D eigenvalue weighted by molar-refractivity contribution is -0.144. The molecule has 40 heavy (non-hydrogen) atoms. The number of methoxy groups -OCH3 is 1. The average Bonchev–Trinajstić information content (AvgIpc) is 3.48. The lowest BCUT2D eigenvalue weighted by atomic mass is 9.72. The first-order valence-corrected chi connectivity index (χ1v) is 14.1. The van der Waals surface area contributed by atoms with Crippen molar-refractivity contribution in [3.63, 3.8) is 0 Å². The second kappa shape index (κ2) is 11.6. The van der Waals surface area contributed by atoms with Crippen LogP contribution < -0.4 is 15.0 Å². The van der Waals surface area contributed by atoms with Crippen LogP contribution in [0.1, 0.15) is 69.3 Å². The number of nitrogens with one attached hydrogen (secondary N) is 1. The van der Waals surface area contributed by atoms with Crippen molar-refractivity contribution in [1.29, 1.82) is 0 Å². The molecule has 0 radical (unpaired) electrons. The maximum absolute atomic E-state index is 13.7. The third kappa shape index (κ3) is 5.75. The van der Waals surface area contributed by atoms with Crippen LogP contribution in [0.2, 0.25) is 0 Å². The number of pyridine rings is 1. The van der Waals surface area contributed by atoms with E-state index in [4.69, 9.17) is 9.47 Å². The summed E-state index contributed by atoms with van der Waals surface area (Å²) in [7, 11) is 5.47. The van der Waals surface area contributed by atoms with Gasteiger partial charge in [-0.3, -0.25) is 4.90 Å². The third-order valence-electron chi connectivity index (χ3n) is 8.05. The Kier molecular flexibility index (Phi) is 8.63. The van der Waals surface area contributed by atoms with E-state index in [0.717, 1.165) is 36.1 Å². The second-order valence-corrected chi connectivity index (χ2v) is 12.5. The lowest BCUT2D eigenvalue weighted by Gasteiger charge is -2.35. The highest BCUT2D eigenvalue weighted by Gasteiger charge is 2.59. The standard InChI is InChI=1S/C31H44N4O5/c1-18(2)40-30(38)35-26(22-13-10-14-32-28(22)34(6)7)25(24(31(3,4)5)27(35)29(36)37)33-17-21-15-19-11-9-12-20(19)16-23(21)39-8/h10,13-16,18,24-27,33H,9,11-12,17H2,1-8H3,(H,36,37)/t24-,25-,26-,27-/m0/s1. The Morgan fingerprint density at radius 2 is 1.88 bits per heavy atom. The van der Waals surface area contributed by atoms with E-state index in [0.29, 0.717) is 12.4 Å². The predicted octanol–water partition coefficient (Wildman–Crippen LogP) is 4.82. The fourth-order valence-electron chi connectivity index (χ4n) is 6.49. The van der Waals surface area contributed by atoms with Crippen LogP contribution in [0.25, 0.3) is 0 Å². The smallest absolute Gasteiger partial charge is 0.411 e. The molecule has 2 N–H and O–H groups in total. The summed E-state index contributed by atoms with van der Waals surface area (Å²) in [6.07, 6.45) is 3.89. The number of ether oxygens (including phenoxy) is 2. The monoisotopic (exact) mass is 552 g/mol. The van der Waals surface area contributed by atoms with Gasteiger partial charge in [0.15, 0.2) is 0 Å². The molecule has 2 aromatic rings. The number of benzene rings is 1. The Bertz CT molecular complexity index is 1240. The van der Waals surface area contributed by atoms with Crippen LogP contribution in [0, 0.1) is 11.3 Å². The number of aliphatic carboxylic acids is 1. The topological polar surface area (TPSA) is 104 Å². The SMILES string of the molecule is COc1cc2c(cc1CN[C@H]1[C@H](C(C)(C)C)[C@@H](C(=O)O)N(C(=O)OC(C)C)[C@H]1c1cccnc1N(C)C)CCC2. The second-order valence-electron chi connectivity index (χ2n) is 12.5. The summed E-state index contributed by atoms with van der Waals surface area (Å²) in [4.78, 5) is 34.6. The molecular formula is C31H44N4O5. The van der Waals surface area contributed by atoms with Gasteiger partial charge in [-0.1, -0.05) is 32.9 Å². The van der Waals surface area contributed by atoms with E-state index < -0.39 is 47.6 Å². The van der Waals surface area contributed by atoms with Gasteiger partial charge >= 0.3 is 12.1 Å². The molecule has 1 aromatic heterocycles. The van der Waals surface area contributed by atoms with Gasteiger partial charge < -0.3 is 24.8 Å². The minimum Gasteiger partial charge on any atom is -0.496 e. The van der Waals surface area contributed by atoms with Crippen molar-refractivity contribution in [2.45, 2.75) is 84.7 Å². The summed E-state index contributed by atoms with van der Waals surface area (Å²) >= 11 is 0. The number of aromatic nitrogens is 1. The quantitative estimate of drug-likeness (QED) is 0.480. The van der Waals surface area contributed by atoms with Crippen molar-refractivity contribution in [3.05, 3.63) is 52.7 Å². The van der Waals surface area contributed by atoms with Crippen molar-refractivity contribution >= 4 is 17.9 Å². The van der Waals surface area contributed by atoms with Crippen molar-refractivity contribution in [3.8, 4) is 5.75 Å². The molecule has 1 aliphatic carbocycles. The molecule has 0 bridgehead atoms. The van der Waals surface area contributed by atoms with E-state index in [1.165, 1.54) is 16.0 Å². The molecule has 218 valence electrons. The molecule has 1 aromatic carbocycles. The minimum atomic E-state index is -1.11. The number of hydrogen-bond donors (Lipinski definition) is 2. The summed E-state index contributed by atoms with van der Waals surface area (Å²) in [5.74, 6) is -0.00244. The Balaban J connectivity index is 1.86. The first kappa shape index (κ1) is 29.6. The number of aryl methyl sites for hydroxylation is 2. The lowest BCUT2D eigenvalue weighted by Crippen LogP contribution is -2.48. The van der Waals surface area contributed by atoms with Crippen LogP contribution in [-0.4, -0.2) is 66.4 Å². The molecule has 0 unspecified atom stereocenters. The number of carbonyl (C=O) groups excluding carboxylic acids is 1. The van der Waals surface area contributed by atoms with Gasteiger partial charge in [-0.25, -0.2) is 14.6 Å². The van der Waals surface area contributed by atoms with E-state index in [9.17, 15) is 14.7 Å². The molecule has 1 aliphatic heterocycles. The molecule has 1 amide bonds. The Morgan fingerprint density at radius 3 is 2.45 bits per heavy atom. The molecule has 9 heteroatoms. The average molecular weight is 553 g/mol. The molecule has 2 aliphatic rings. The zero-order chi connectivity index (χ0) is 29.4. The van der Waals surface area contributed by atoms with Crippen LogP contribution in [-0.2, 0) is 28.9 Å². The largest absolute Gasteiger partial charge is 0.496 e. The number of carboxylic acids is 1. The minimum absolute atomic E-state index is 0.402. The van der Waals surface area contributed by atoms with Gasteiger partial charge in [-0.05, 0) is 61.8 Å². The van der Waals surface area contributed by atoms with Crippen molar-refractivity contribution in [2.75, 3.05) is 26.1 Å². The summed E-state index contributed by atoms with van der Waals surface area (Å²) in [6, 6.07) is 5.94. The Hall–Kier alpha value is -3.33. The van der Waals surface area contributed by atoms with Gasteiger partial charge in [0.1, 0.15) is 17.6 Å².